The van der Waals surface area contributed by atoms with Gasteiger partial charge in [-0.1, -0.05) is 0 Å². The van der Waals surface area contributed by atoms with E-state index in [2.05, 4.69) is 63.1 Å². The number of hydrogen-bond donors (Lipinski definition) is 0. The van der Waals surface area contributed by atoms with E-state index in [1.54, 1.807) is 32.6 Å². The van der Waals surface area contributed by atoms with Crippen LogP contribution in [-0.4, -0.2) is 29.3 Å². The molecule has 0 atom stereocenters. The average Bonchev–Trinajstić information content (AvgIpc) is 3.21. The van der Waals surface area contributed by atoms with E-state index in [4.69, 9.17) is 20.2 Å². The van der Waals surface area contributed by atoms with E-state index in [1.807, 2.05) is 25.5 Å². The predicted molar refractivity (Wildman–Crippen MR) is 95.9 cm³/mol. The first-order chi connectivity index (χ1) is 10.9. The molecule has 125 valence electrons. The average molecular weight is 591 g/mol. The number of halogens is 5. The first kappa shape index (κ1) is 19.5. The standard InChI is InChI=1S/C11H9Br3N6.2ClH.Mn/c1-11(18-5-8(12)2-15-18,19-6-9(13)3-16-19)20-7-10(14)4-17-20;;;/h2-7H,1H3;2*1H;/q;;;+2/p-2. The van der Waals surface area contributed by atoms with E-state index in [9.17, 15) is 0 Å². The van der Waals surface area contributed by atoms with Crippen LogP contribution in [0.5, 0.6) is 0 Å². The molecular weight excluding hydrogens is 582 g/mol. The summed E-state index contributed by atoms with van der Waals surface area (Å²) in [6.45, 7) is 1.98. The minimum absolute atomic E-state index is 0.00694. The summed E-state index contributed by atoms with van der Waals surface area (Å²) < 4.78 is 8.03. The summed E-state index contributed by atoms with van der Waals surface area (Å²) in [5.74, 6) is -0.732. The molecule has 0 unspecified atom stereocenters. The van der Waals surface area contributed by atoms with Crippen LogP contribution in [-0.2, 0) is 18.9 Å². The molecule has 0 aliphatic rings. The van der Waals surface area contributed by atoms with E-state index >= 15 is 0 Å². The van der Waals surface area contributed by atoms with Crippen molar-refractivity contribution in [2.75, 3.05) is 0 Å². The Kier molecular flexibility index (Phi) is 7.21. The molecular formula is C11H9Br3Cl2MnN6. The fourth-order valence-electron chi connectivity index (χ4n) is 1.91. The SMILES string of the molecule is CC(n1cc(Br)cn1)(n1cc(Br)cn1)n1cc(Br)cn1.[Cl][Mn][Cl]. The van der Waals surface area contributed by atoms with Crippen LogP contribution in [0.4, 0.5) is 0 Å². The van der Waals surface area contributed by atoms with Crippen molar-refractivity contribution >= 4 is 68.0 Å². The number of aromatic nitrogens is 6. The fourth-order valence-corrected chi connectivity index (χ4v) is 2.77. The van der Waals surface area contributed by atoms with Crippen molar-refractivity contribution in [1.82, 2.24) is 29.3 Å². The first-order valence-corrected chi connectivity index (χ1v) is 11.5. The third kappa shape index (κ3) is 4.42. The summed E-state index contributed by atoms with van der Waals surface area (Å²) in [6.07, 6.45) is 10.8. The van der Waals surface area contributed by atoms with Gasteiger partial charge in [-0.25, -0.2) is 14.0 Å². The van der Waals surface area contributed by atoms with Crippen molar-refractivity contribution in [3.8, 4) is 0 Å². The van der Waals surface area contributed by atoms with E-state index in [1.165, 1.54) is 0 Å². The Labute approximate surface area is 172 Å². The van der Waals surface area contributed by atoms with Gasteiger partial charge in [0.15, 0.2) is 0 Å². The van der Waals surface area contributed by atoms with Gasteiger partial charge >= 0.3 is 33.3 Å². The molecule has 3 rings (SSSR count). The summed E-state index contributed by atoms with van der Waals surface area (Å²) in [6, 6.07) is 0. The van der Waals surface area contributed by atoms with Crippen LogP contribution >= 0.6 is 68.0 Å². The molecule has 3 aromatic heterocycles. The topological polar surface area (TPSA) is 53.5 Å². The van der Waals surface area contributed by atoms with E-state index in [-0.39, 0.29) is 13.1 Å². The quantitative estimate of drug-likeness (QED) is 0.417. The van der Waals surface area contributed by atoms with Crippen molar-refractivity contribution in [3.05, 3.63) is 50.6 Å². The van der Waals surface area contributed by atoms with Crippen molar-refractivity contribution in [2.45, 2.75) is 12.7 Å². The summed E-state index contributed by atoms with van der Waals surface area (Å²) in [5.41, 5.74) is 0. The zero-order chi connectivity index (χ0) is 17.0. The minimum atomic E-state index is -0.732. The zero-order valence-corrected chi connectivity index (χ0v) is 18.9. The molecule has 0 aromatic carbocycles. The van der Waals surface area contributed by atoms with Crippen LogP contribution in [0.15, 0.2) is 50.6 Å². The Morgan fingerprint density at radius 3 is 1.26 bits per heavy atom. The number of rotatable bonds is 3. The van der Waals surface area contributed by atoms with Gasteiger partial charge in [0.1, 0.15) is 0 Å². The molecule has 0 aliphatic heterocycles. The summed E-state index contributed by atoms with van der Waals surface area (Å²) >= 11 is 10.3. The van der Waals surface area contributed by atoms with Crippen molar-refractivity contribution in [1.29, 1.82) is 0 Å². The van der Waals surface area contributed by atoms with Gasteiger partial charge < -0.3 is 0 Å². The van der Waals surface area contributed by atoms with Crippen molar-refractivity contribution < 1.29 is 13.1 Å². The molecule has 0 aliphatic carbocycles. The molecule has 6 nitrogen and oxygen atoms in total. The molecule has 0 bridgehead atoms. The van der Waals surface area contributed by atoms with Crippen LogP contribution in [0.1, 0.15) is 6.92 Å². The fraction of sp³-hybridized carbons (Fsp3) is 0.182. The van der Waals surface area contributed by atoms with Gasteiger partial charge in [-0.05, 0) is 47.8 Å². The van der Waals surface area contributed by atoms with Gasteiger partial charge in [0.2, 0.25) is 5.79 Å². The summed E-state index contributed by atoms with van der Waals surface area (Å²) in [4.78, 5) is 0. The Balaban J connectivity index is 0.000000595. The molecule has 0 fully saturated rings. The molecule has 3 aromatic rings. The van der Waals surface area contributed by atoms with Crippen LogP contribution in [0, 0.1) is 0 Å². The normalized spacial score (nSPS) is 11.2. The zero-order valence-electron chi connectivity index (χ0n) is 11.4. The Morgan fingerprint density at radius 1 is 0.826 bits per heavy atom. The van der Waals surface area contributed by atoms with Crippen LogP contribution < -0.4 is 0 Å². The van der Waals surface area contributed by atoms with Gasteiger partial charge in [0.05, 0.1) is 32.0 Å². The summed E-state index contributed by atoms with van der Waals surface area (Å²) in [7, 11) is 9.59. The predicted octanol–water partition coefficient (Wildman–Crippen LogP) is 4.67. The monoisotopic (exact) mass is 587 g/mol. The van der Waals surface area contributed by atoms with E-state index in [0.717, 1.165) is 13.4 Å². The maximum absolute atomic E-state index is 4.80. The van der Waals surface area contributed by atoms with E-state index in [0.29, 0.717) is 0 Å². The van der Waals surface area contributed by atoms with Gasteiger partial charge in [-0.3, -0.25) is 0 Å². The van der Waals surface area contributed by atoms with Crippen molar-refractivity contribution in [2.24, 2.45) is 0 Å². The van der Waals surface area contributed by atoms with Gasteiger partial charge in [0, 0.05) is 25.5 Å². The molecule has 3 heterocycles. The molecule has 0 spiro atoms. The van der Waals surface area contributed by atoms with Gasteiger partial charge in [0.25, 0.3) is 0 Å². The van der Waals surface area contributed by atoms with Crippen molar-refractivity contribution in [3.63, 3.8) is 0 Å². The number of hydrogen-bond acceptors (Lipinski definition) is 3. The van der Waals surface area contributed by atoms with Crippen LogP contribution in [0.2, 0.25) is 0 Å². The second-order valence-electron chi connectivity index (χ2n) is 4.33. The Hall–Kier alpha value is 0.169. The Bertz CT molecular complexity index is 675. The molecule has 23 heavy (non-hydrogen) atoms. The molecule has 0 amide bonds. The van der Waals surface area contributed by atoms with Crippen LogP contribution in [0.25, 0.3) is 0 Å². The second-order valence-corrected chi connectivity index (χ2v) is 9.03. The molecule has 0 N–H and O–H groups in total. The van der Waals surface area contributed by atoms with Gasteiger partial charge in [-0.2, -0.15) is 15.3 Å². The summed E-state index contributed by atoms with van der Waals surface area (Å²) in [5, 5.41) is 13.1. The molecule has 0 saturated carbocycles. The van der Waals surface area contributed by atoms with E-state index < -0.39 is 5.79 Å². The first-order valence-electron chi connectivity index (χ1n) is 5.90. The van der Waals surface area contributed by atoms with Gasteiger partial charge in [-0.15, -0.1) is 0 Å². The third-order valence-electron chi connectivity index (χ3n) is 2.96. The number of nitrogens with zero attached hydrogens (tertiary/aromatic N) is 6. The second kappa shape index (κ2) is 8.51. The maximum atomic E-state index is 4.80. The Morgan fingerprint density at radius 2 is 1.09 bits per heavy atom. The molecule has 0 radical (unpaired) electrons. The molecule has 12 heteroatoms. The third-order valence-corrected chi connectivity index (χ3v) is 4.18. The molecule has 0 saturated heterocycles. The van der Waals surface area contributed by atoms with Crippen LogP contribution in [0.3, 0.4) is 0 Å².